The summed E-state index contributed by atoms with van der Waals surface area (Å²) in [5.41, 5.74) is 1.08. The zero-order valence-corrected chi connectivity index (χ0v) is 11.2. The van der Waals surface area contributed by atoms with Gasteiger partial charge in [-0.05, 0) is 19.3 Å². The number of ether oxygens (including phenoxy) is 1. The van der Waals surface area contributed by atoms with Crippen molar-refractivity contribution in [1.29, 1.82) is 0 Å². The second kappa shape index (κ2) is 7.10. The Morgan fingerprint density at radius 1 is 1.50 bits per heavy atom. The molecule has 18 heavy (non-hydrogen) atoms. The van der Waals surface area contributed by atoms with Gasteiger partial charge >= 0.3 is 5.97 Å². The number of carbonyl (C=O) groups is 1. The smallest absolute Gasteiger partial charge is 0.360 e. The highest BCUT2D eigenvalue weighted by molar-refractivity contribution is 5.88. The minimum absolute atomic E-state index is 0.0809. The number of nitrogens with zero attached hydrogens (tertiary/aromatic N) is 3. The maximum Gasteiger partial charge on any atom is 0.360 e. The van der Waals surface area contributed by atoms with Crippen LogP contribution in [0.15, 0.2) is 0 Å². The second-order valence-corrected chi connectivity index (χ2v) is 4.33. The molecule has 0 bridgehead atoms. The third-order valence-corrected chi connectivity index (χ3v) is 2.59. The molecule has 0 fully saturated rings. The van der Waals surface area contributed by atoms with Crippen LogP contribution in [0.1, 0.15) is 43.4 Å². The van der Waals surface area contributed by atoms with Gasteiger partial charge in [0.05, 0.1) is 12.3 Å². The van der Waals surface area contributed by atoms with Crippen molar-refractivity contribution in [3.05, 3.63) is 11.4 Å². The molecule has 0 saturated heterocycles. The van der Waals surface area contributed by atoms with Crippen LogP contribution in [0.3, 0.4) is 0 Å². The van der Waals surface area contributed by atoms with Crippen molar-refractivity contribution >= 4 is 5.97 Å². The monoisotopic (exact) mass is 255 g/mol. The van der Waals surface area contributed by atoms with Gasteiger partial charge in [-0.25, -0.2) is 9.48 Å². The van der Waals surface area contributed by atoms with Crippen molar-refractivity contribution in [3.63, 3.8) is 0 Å². The molecule has 0 aromatic carbocycles. The minimum atomic E-state index is -0.427. The van der Waals surface area contributed by atoms with E-state index in [2.05, 4.69) is 10.3 Å². The number of aliphatic hydroxyl groups is 1. The third-order valence-electron chi connectivity index (χ3n) is 2.59. The number of hydrogen-bond donors (Lipinski definition) is 1. The van der Waals surface area contributed by atoms with Crippen LogP contribution >= 0.6 is 0 Å². The van der Waals surface area contributed by atoms with E-state index in [1.807, 2.05) is 13.8 Å². The first-order valence-corrected chi connectivity index (χ1v) is 6.34. The van der Waals surface area contributed by atoms with Crippen molar-refractivity contribution < 1.29 is 14.6 Å². The summed E-state index contributed by atoms with van der Waals surface area (Å²) in [5, 5.41) is 16.9. The van der Waals surface area contributed by atoms with Gasteiger partial charge in [-0.2, -0.15) is 0 Å². The van der Waals surface area contributed by atoms with Crippen LogP contribution in [0, 0.1) is 5.92 Å². The molecule has 0 spiro atoms. The minimum Gasteiger partial charge on any atom is -0.461 e. The standard InChI is InChI=1S/C12H21N3O3/c1-4-6-10-11(12(17)18-5-2)13-14-15(10)7-9(3)8-16/h9,16H,4-8H2,1-3H3. The molecule has 0 aliphatic heterocycles. The topological polar surface area (TPSA) is 77.2 Å². The van der Waals surface area contributed by atoms with Crippen LogP contribution in [-0.2, 0) is 17.7 Å². The van der Waals surface area contributed by atoms with Gasteiger partial charge in [-0.1, -0.05) is 25.5 Å². The van der Waals surface area contributed by atoms with E-state index < -0.39 is 5.97 Å². The number of aliphatic hydroxyl groups excluding tert-OH is 1. The zero-order valence-electron chi connectivity index (χ0n) is 11.2. The van der Waals surface area contributed by atoms with E-state index in [0.717, 1.165) is 18.5 Å². The first-order chi connectivity index (χ1) is 8.63. The highest BCUT2D eigenvalue weighted by Gasteiger charge is 2.20. The Bertz CT molecular complexity index is 390. The molecule has 1 atom stereocenters. The summed E-state index contributed by atoms with van der Waals surface area (Å²) in [5.74, 6) is -0.346. The lowest BCUT2D eigenvalue weighted by Crippen LogP contribution is -2.16. The molecule has 1 N–H and O–H groups in total. The second-order valence-electron chi connectivity index (χ2n) is 4.33. The Balaban J connectivity index is 2.94. The molecule has 1 heterocycles. The lowest BCUT2D eigenvalue weighted by atomic mass is 10.1. The van der Waals surface area contributed by atoms with Gasteiger partial charge < -0.3 is 9.84 Å². The molecule has 0 radical (unpaired) electrons. The molecule has 1 aromatic rings. The first kappa shape index (κ1) is 14.6. The highest BCUT2D eigenvalue weighted by atomic mass is 16.5. The molecule has 102 valence electrons. The van der Waals surface area contributed by atoms with Gasteiger partial charge in [0.25, 0.3) is 0 Å². The van der Waals surface area contributed by atoms with Crippen LogP contribution in [0.2, 0.25) is 0 Å². The highest BCUT2D eigenvalue weighted by Crippen LogP contribution is 2.12. The van der Waals surface area contributed by atoms with Gasteiger partial charge in [0.15, 0.2) is 5.69 Å². The molecule has 0 aliphatic rings. The van der Waals surface area contributed by atoms with Crippen molar-refractivity contribution in [3.8, 4) is 0 Å². The Labute approximate surface area is 107 Å². The molecule has 0 aliphatic carbocycles. The van der Waals surface area contributed by atoms with Crippen LogP contribution in [-0.4, -0.2) is 39.3 Å². The van der Waals surface area contributed by atoms with Crippen molar-refractivity contribution in [2.75, 3.05) is 13.2 Å². The summed E-state index contributed by atoms with van der Waals surface area (Å²) in [6, 6.07) is 0. The summed E-state index contributed by atoms with van der Waals surface area (Å²) < 4.78 is 6.65. The Kier molecular flexibility index (Phi) is 5.77. The summed E-state index contributed by atoms with van der Waals surface area (Å²) >= 11 is 0. The molecular weight excluding hydrogens is 234 g/mol. The van der Waals surface area contributed by atoms with Crippen molar-refractivity contribution in [1.82, 2.24) is 15.0 Å². The zero-order chi connectivity index (χ0) is 13.5. The summed E-state index contributed by atoms with van der Waals surface area (Å²) in [6.07, 6.45) is 1.62. The number of carbonyl (C=O) groups excluding carboxylic acids is 1. The van der Waals surface area contributed by atoms with E-state index in [4.69, 9.17) is 9.84 Å². The predicted molar refractivity (Wildman–Crippen MR) is 66.2 cm³/mol. The van der Waals surface area contributed by atoms with Crippen LogP contribution in [0.4, 0.5) is 0 Å². The number of hydrogen-bond acceptors (Lipinski definition) is 5. The summed E-state index contributed by atoms with van der Waals surface area (Å²) in [4.78, 5) is 11.7. The quantitative estimate of drug-likeness (QED) is 0.736. The largest absolute Gasteiger partial charge is 0.461 e. The Hall–Kier alpha value is -1.43. The molecule has 1 aromatic heterocycles. The Morgan fingerprint density at radius 3 is 2.78 bits per heavy atom. The maximum atomic E-state index is 11.7. The molecule has 6 nitrogen and oxygen atoms in total. The molecule has 1 rings (SSSR count). The normalized spacial score (nSPS) is 12.4. The maximum absolute atomic E-state index is 11.7. The van der Waals surface area contributed by atoms with Gasteiger partial charge in [-0.3, -0.25) is 0 Å². The van der Waals surface area contributed by atoms with E-state index in [9.17, 15) is 4.79 Å². The molecule has 0 saturated carbocycles. The van der Waals surface area contributed by atoms with E-state index in [0.29, 0.717) is 18.8 Å². The van der Waals surface area contributed by atoms with E-state index >= 15 is 0 Å². The molecule has 1 unspecified atom stereocenters. The molecular formula is C12H21N3O3. The van der Waals surface area contributed by atoms with Gasteiger partial charge in [0, 0.05) is 13.2 Å². The fourth-order valence-electron chi connectivity index (χ4n) is 1.67. The van der Waals surface area contributed by atoms with Gasteiger partial charge in [0.1, 0.15) is 0 Å². The van der Waals surface area contributed by atoms with Crippen LogP contribution in [0.25, 0.3) is 0 Å². The third kappa shape index (κ3) is 3.53. The predicted octanol–water partition coefficient (Wildman–Crippen LogP) is 1.04. The fraction of sp³-hybridized carbons (Fsp3) is 0.750. The average Bonchev–Trinajstić information content (AvgIpc) is 2.73. The lowest BCUT2D eigenvalue weighted by Gasteiger charge is -2.10. The van der Waals surface area contributed by atoms with Crippen molar-refractivity contribution in [2.24, 2.45) is 5.92 Å². The van der Waals surface area contributed by atoms with Crippen LogP contribution < -0.4 is 0 Å². The molecule has 6 heteroatoms. The van der Waals surface area contributed by atoms with Gasteiger partial charge in [-0.15, -0.1) is 5.10 Å². The number of esters is 1. The average molecular weight is 255 g/mol. The van der Waals surface area contributed by atoms with Gasteiger partial charge in [0.2, 0.25) is 0 Å². The lowest BCUT2D eigenvalue weighted by molar-refractivity contribution is 0.0518. The molecule has 0 amide bonds. The Morgan fingerprint density at radius 2 is 2.22 bits per heavy atom. The number of aromatic nitrogens is 3. The van der Waals surface area contributed by atoms with E-state index in [1.54, 1.807) is 11.6 Å². The summed E-state index contributed by atoms with van der Waals surface area (Å²) in [6.45, 7) is 6.67. The summed E-state index contributed by atoms with van der Waals surface area (Å²) in [7, 11) is 0. The number of rotatable bonds is 7. The first-order valence-electron chi connectivity index (χ1n) is 6.34. The van der Waals surface area contributed by atoms with E-state index in [-0.39, 0.29) is 12.5 Å². The van der Waals surface area contributed by atoms with Crippen LogP contribution in [0.5, 0.6) is 0 Å². The van der Waals surface area contributed by atoms with E-state index in [1.165, 1.54) is 0 Å². The SMILES string of the molecule is CCCc1c(C(=O)OCC)nnn1CC(C)CO. The fourth-order valence-corrected chi connectivity index (χ4v) is 1.67. The van der Waals surface area contributed by atoms with Crippen molar-refractivity contribution in [2.45, 2.75) is 40.2 Å².